The molecule has 1 atom stereocenters. The van der Waals surface area contributed by atoms with Crippen LogP contribution in [0.3, 0.4) is 0 Å². The van der Waals surface area contributed by atoms with E-state index in [1.54, 1.807) is 6.07 Å². The molecule has 0 radical (unpaired) electrons. The van der Waals surface area contributed by atoms with Gasteiger partial charge in [-0.2, -0.15) is 0 Å². The van der Waals surface area contributed by atoms with E-state index in [-0.39, 0.29) is 17.4 Å². The van der Waals surface area contributed by atoms with Crippen molar-refractivity contribution in [1.82, 2.24) is 0 Å². The van der Waals surface area contributed by atoms with Crippen molar-refractivity contribution in [2.75, 3.05) is 5.75 Å². The lowest BCUT2D eigenvalue weighted by molar-refractivity contribution is 0.468. The third kappa shape index (κ3) is 2.14. The Labute approximate surface area is 109 Å². The molecule has 100 valence electrons. The van der Waals surface area contributed by atoms with E-state index < -0.39 is 9.84 Å². The average Bonchev–Trinajstić information content (AvgIpc) is 2.29. The number of phenolic OH excluding ortho intramolecular Hbond substituents is 1. The predicted molar refractivity (Wildman–Crippen MR) is 71.9 cm³/mol. The number of phenols is 1. The normalized spacial score (nSPS) is 21.9. The fourth-order valence-corrected chi connectivity index (χ4v) is 4.50. The Kier molecular flexibility index (Phi) is 3.41. The molecule has 1 aromatic carbocycles. The van der Waals surface area contributed by atoms with Crippen molar-refractivity contribution >= 4 is 9.84 Å². The smallest absolute Gasteiger partial charge is 0.178 e. The Morgan fingerprint density at radius 3 is 2.61 bits per heavy atom. The van der Waals surface area contributed by atoms with Gasteiger partial charge in [-0.3, -0.25) is 0 Å². The third-order valence-electron chi connectivity index (χ3n) is 3.75. The number of benzene rings is 1. The molecule has 1 aliphatic heterocycles. The summed E-state index contributed by atoms with van der Waals surface area (Å²) >= 11 is 0. The van der Waals surface area contributed by atoms with Crippen molar-refractivity contribution in [3.63, 3.8) is 0 Å². The van der Waals surface area contributed by atoms with Crippen molar-refractivity contribution in [1.29, 1.82) is 0 Å². The van der Waals surface area contributed by atoms with E-state index in [2.05, 4.69) is 6.92 Å². The molecule has 1 aromatic rings. The van der Waals surface area contributed by atoms with Gasteiger partial charge in [-0.15, -0.1) is 0 Å². The number of fused-ring (bicyclic) bond motifs is 1. The van der Waals surface area contributed by atoms with Crippen molar-refractivity contribution < 1.29 is 13.5 Å². The highest BCUT2D eigenvalue weighted by Gasteiger charge is 2.32. The topological polar surface area (TPSA) is 54.4 Å². The van der Waals surface area contributed by atoms with E-state index in [9.17, 15) is 13.5 Å². The van der Waals surface area contributed by atoms with E-state index >= 15 is 0 Å². The number of rotatable bonds is 2. The highest BCUT2D eigenvalue weighted by atomic mass is 32.2. The summed E-state index contributed by atoms with van der Waals surface area (Å²) < 4.78 is 24.3. The summed E-state index contributed by atoms with van der Waals surface area (Å²) in [5.41, 5.74) is 1.91. The minimum Gasteiger partial charge on any atom is -0.508 e. The van der Waals surface area contributed by atoms with Crippen LogP contribution in [0, 0.1) is 0 Å². The first-order valence-corrected chi connectivity index (χ1v) is 8.11. The fourth-order valence-electron chi connectivity index (χ4n) is 2.76. The molecule has 1 N–H and O–H groups in total. The third-order valence-corrected chi connectivity index (χ3v) is 5.53. The predicted octanol–water partition coefficient (Wildman–Crippen LogP) is 3.19. The maximum atomic E-state index is 12.2. The largest absolute Gasteiger partial charge is 0.508 e. The van der Waals surface area contributed by atoms with E-state index in [1.165, 1.54) is 6.07 Å². The first-order valence-electron chi connectivity index (χ1n) is 6.46. The summed E-state index contributed by atoms with van der Waals surface area (Å²) in [7, 11) is -3.22. The van der Waals surface area contributed by atoms with Crippen molar-refractivity contribution in [3.8, 4) is 5.75 Å². The van der Waals surface area contributed by atoms with Crippen LogP contribution in [0.4, 0.5) is 0 Å². The number of hydrogen-bond acceptors (Lipinski definition) is 3. The molecule has 0 fully saturated rings. The van der Waals surface area contributed by atoms with Crippen molar-refractivity contribution in [2.45, 2.75) is 50.3 Å². The number of sulfone groups is 1. The minimum absolute atomic E-state index is 0.0535. The van der Waals surface area contributed by atoms with Crippen LogP contribution in [0.2, 0.25) is 0 Å². The molecule has 1 heterocycles. The second kappa shape index (κ2) is 4.57. The Morgan fingerprint density at radius 1 is 1.39 bits per heavy atom. The molecule has 0 bridgehead atoms. The van der Waals surface area contributed by atoms with Gasteiger partial charge in [0, 0.05) is 0 Å². The van der Waals surface area contributed by atoms with Gasteiger partial charge in [-0.25, -0.2) is 8.42 Å². The van der Waals surface area contributed by atoms with Crippen LogP contribution in [0.5, 0.6) is 5.75 Å². The van der Waals surface area contributed by atoms with Gasteiger partial charge >= 0.3 is 0 Å². The van der Waals surface area contributed by atoms with Crippen LogP contribution in [0.15, 0.2) is 17.0 Å². The lowest BCUT2D eigenvalue weighted by atomic mass is 9.85. The average molecular weight is 268 g/mol. The van der Waals surface area contributed by atoms with E-state index in [1.807, 2.05) is 13.8 Å². The van der Waals surface area contributed by atoms with Gasteiger partial charge in [-0.1, -0.05) is 20.8 Å². The molecule has 1 aliphatic rings. The Hall–Kier alpha value is -1.03. The van der Waals surface area contributed by atoms with Gasteiger partial charge < -0.3 is 5.11 Å². The highest BCUT2D eigenvalue weighted by Crippen LogP contribution is 2.42. The van der Waals surface area contributed by atoms with Gasteiger partial charge in [0.25, 0.3) is 0 Å². The highest BCUT2D eigenvalue weighted by molar-refractivity contribution is 7.91. The molecular formula is C14H20O3S. The quantitative estimate of drug-likeness (QED) is 0.896. The van der Waals surface area contributed by atoms with E-state index in [0.717, 1.165) is 17.5 Å². The molecule has 0 aromatic heterocycles. The molecule has 3 nitrogen and oxygen atoms in total. The lowest BCUT2D eigenvalue weighted by Gasteiger charge is -2.28. The van der Waals surface area contributed by atoms with Crippen LogP contribution in [0.25, 0.3) is 0 Å². The molecule has 0 aliphatic carbocycles. The summed E-state index contributed by atoms with van der Waals surface area (Å²) in [4.78, 5) is 0.351. The van der Waals surface area contributed by atoms with E-state index in [4.69, 9.17) is 0 Å². The number of hydrogen-bond donors (Lipinski definition) is 1. The molecule has 0 saturated carbocycles. The van der Waals surface area contributed by atoms with Gasteiger partial charge in [0.2, 0.25) is 0 Å². The second-order valence-corrected chi connectivity index (χ2v) is 7.39. The monoisotopic (exact) mass is 268 g/mol. The summed E-state index contributed by atoms with van der Waals surface area (Å²) in [5.74, 6) is 0.756. The molecule has 0 saturated heterocycles. The SMILES string of the molecule is CCC1CCS(=O)(=O)c2cc(O)cc(C(C)C)c21. The van der Waals surface area contributed by atoms with Gasteiger partial charge in [0.15, 0.2) is 9.84 Å². The maximum absolute atomic E-state index is 12.2. The zero-order valence-corrected chi connectivity index (χ0v) is 11.9. The van der Waals surface area contributed by atoms with Crippen LogP contribution in [-0.4, -0.2) is 19.3 Å². The van der Waals surface area contributed by atoms with Crippen LogP contribution < -0.4 is 0 Å². The summed E-state index contributed by atoms with van der Waals surface area (Å²) in [6, 6.07) is 3.13. The number of aromatic hydroxyl groups is 1. The Bertz CT molecular complexity index is 559. The summed E-state index contributed by atoms with van der Waals surface area (Å²) in [6.07, 6.45) is 1.63. The van der Waals surface area contributed by atoms with Crippen molar-refractivity contribution in [2.24, 2.45) is 0 Å². The van der Waals surface area contributed by atoms with Crippen LogP contribution >= 0.6 is 0 Å². The van der Waals surface area contributed by atoms with Gasteiger partial charge in [0.1, 0.15) is 5.75 Å². The summed E-state index contributed by atoms with van der Waals surface area (Å²) in [5, 5.41) is 9.74. The first-order chi connectivity index (χ1) is 8.36. The molecule has 0 spiro atoms. The standard InChI is InChI=1S/C14H20O3S/c1-4-10-5-6-18(16,17)13-8-11(15)7-12(9(2)3)14(10)13/h7-10,15H,4-6H2,1-3H3. The molecule has 1 unspecified atom stereocenters. The van der Waals surface area contributed by atoms with Crippen molar-refractivity contribution in [3.05, 3.63) is 23.3 Å². The maximum Gasteiger partial charge on any atom is 0.178 e. The van der Waals surface area contributed by atoms with Crippen LogP contribution in [-0.2, 0) is 9.84 Å². The fraction of sp³-hybridized carbons (Fsp3) is 0.571. The molecule has 2 rings (SSSR count). The molecular weight excluding hydrogens is 248 g/mol. The second-order valence-electron chi connectivity index (χ2n) is 5.31. The zero-order valence-electron chi connectivity index (χ0n) is 11.1. The van der Waals surface area contributed by atoms with Gasteiger partial charge in [0.05, 0.1) is 10.6 Å². The molecule has 0 amide bonds. The van der Waals surface area contributed by atoms with Gasteiger partial charge in [-0.05, 0) is 47.9 Å². The first kappa shape index (κ1) is 13.4. The summed E-state index contributed by atoms with van der Waals surface area (Å²) in [6.45, 7) is 6.15. The van der Waals surface area contributed by atoms with E-state index in [0.29, 0.717) is 17.2 Å². The Balaban J connectivity index is 2.77. The Morgan fingerprint density at radius 2 is 2.06 bits per heavy atom. The molecule has 4 heteroatoms. The lowest BCUT2D eigenvalue weighted by Crippen LogP contribution is -2.21. The van der Waals surface area contributed by atoms with Crippen LogP contribution in [0.1, 0.15) is 56.6 Å². The minimum atomic E-state index is -3.22. The zero-order chi connectivity index (χ0) is 13.5. The molecule has 18 heavy (non-hydrogen) atoms.